The SMILES string of the molecule is O=C(c1cccc(OC(F)(F)F)c1)c1cc(Br)ccc1Br. The van der Waals surface area contributed by atoms with Gasteiger partial charge in [0.2, 0.25) is 0 Å². The number of carbonyl (C=O) groups excluding carboxylic acids is 1. The maximum absolute atomic E-state index is 12.3. The molecular formula is C14H7Br2F3O2. The van der Waals surface area contributed by atoms with Crippen molar-refractivity contribution in [1.29, 1.82) is 0 Å². The monoisotopic (exact) mass is 422 g/mol. The van der Waals surface area contributed by atoms with Crippen molar-refractivity contribution in [2.24, 2.45) is 0 Å². The molecule has 0 fully saturated rings. The number of carbonyl (C=O) groups is 1. The Kier molecular flexibility index (Phi) is 4.73. The van der Waals surface area contributed by atoms with Gasteiger partial charge in [-0.15, -0.1) is 13.2 Å². The summed E-state index contributed by atoms with van der Waals surface area (Å²) < 4.78 is 41.6. The lowest BCUT2D eigenvalue weighted by atomic mass is 10.0. The zero-order valence-electron chi connectivity index (χ0n) is 10.2. The van der Waals surface area contributed by atoms with Gasteiger partial charge in [0.15, 0.2) is 5.78 Å². The molecule has 2 aromatic carbocycles. The third-order valence-corrected chi connectivity index (χ3v) is 3.69. The number of benzene rings is 2. The molecule has 2 rings (SSSR count). The van der Waals surface area contributed by atoms with Crippen LogP contribution in [0.2, 0.25) is 0 Å². The molecule has 0 amide bonds. The molecule has 7 heteroatoms. The van der Waals surface area contributed by atoms with Crippen molar-refractivity contribution in [1.82, 2.24) is 0 Å². The number of ether oxygens (including phenoxy) is 1. The van der Waals surface area contributed by atoms with Crippen LogP contribution in [0.1, 0.15) is 15.9 Å². The van der Waals surface area contributed by atoms with Gasteiger partial charge in [-0.1, -0.05) is 44.0 Å². The summed E-state index contributed by atoms with van der Waals surface area (Å²) in [5.41, 5.74) is 0.448. The van der Waals surface area contributed by atoms with E-state index in [1.54, 1.807) is 18.2 Å². The molecule has 2 aromatic rings. The molecule has 0 heterocycles. The highest BCUT2D eigenvalue weighted by Crippen LogP contribution is 2.27. The summed E-state index contributed by atoms with van der Waals surface area (Å²) in [6.07, 6.45) is -4.79. The van der Waals surface area contributed by atoms with E-state index in [4.69, 9.17) is 0 Å². The van der Waals surface area contributed by atoms with Crippen LogP contribution < -0.4 is 4.74 Å². The molecular weight excluding hydrogens is 417 g/mol. The van der Waals surface area contributed by atoms with Gasteiger partial charge in [0, 0.05) is 20.1 Å². The molecule has 0 saturated heterocycles. The van der Waals surface area contributed by atoms with Crippen molar-refractivity contribution < 1.29 is 22.7 Å². The highest BCUT2D eigenvalue weighted by atomic mass is 79.9. The molecule has 21 heavy (non-hydrogen) atoms. The smallest absolute Gasteiger partial charge is 0.406 e. The van der Waals surface area contributed by atoms with Gasteiger partial charge in [0.05, 0.1) is 0 Å². The van der Waals surface area contributed by atoms with Crippen LogP contribution in [0, 0.1) is 0 Å². The van der Waals surface area contributed by atoms with Crippen LogP contribution in [0.25, 0.3) is 0 Å². The Hall–Kier alpha value is -1.34. The van der Waals surface area contributed by atoms with Crippen molar-refractivity contribution in [2.75, 3.05) is 0 Å². The summed E-state index contributed by atoms with van der Waals surface area (Å²) in [5, 5.41) is 0. The molecule has 0 unspecified atom stereocenters. The summed E-state index contributed by atoms with van der Waals surface area (Å²) in [7, 11) is 0. The minimum Gasteiger partial charge on any atom is -0.406 e. The Bertz CT molecular complexity index is 684. The first-order chi connectivity index (χ1) is 9.76. The van der Waals surface area contributed by atoms with Crippen LogP contribution in [-0.4, -0.2) is 12.1 Å². The molecule has 0 aliphatic rings. The lowest BCUT2D eigenvalue weighted by Crippen LogP contribution is -2.17. The molecule has 0 aromatic heterocycles. The number of hydrogen-bond donors (Lipinski definition) is 0. The fourth-order valence-electron chi connectivity index (χ4n) is 1.66. The average Bonchev–Trinajstić information content (AvgIpc) is 2.39. The molecule has 110 valence electrons. The summed E-state index contributed by atoms with van der Waals surface area (Å²) in [5.74, 6) is -0.838. The molecule has 0 saturated carbocycles. The maximum Gasteiger partial charge on any atom is 0.573 e. The Balaban J connectivity index is 2.35. The normalized spacial score (nSPS) is 11.3. The van der Waals surface area contributed by atoms with E-state index in [1.807, 2.05) is 0 Å². The first kappa shape index (κ1) is 16.0. The van der Waals surface area contributed by atoms with Crippen LogP contribution in [0.15, 0.2) is 51.4 Å². The first-order valence-corrected chi connectivity index (χ1v) is 7.20. The van der Waals surface area contributed by atoms with E-state index in [1.165, 1.54) is 12.1 Å². The fraction of sp³-hybridized carbons (Fsp3) is 0.0714. The highest BCUT2D eigenvalue weighted by Gasteiger charge is 2.31. The zero-order valence-corrected chi connectivity index (χ0v) is 13.4. The van der Waals surface area contributed by atoms with Gasteiger partial charge >= 0.3 is 6.36 Å². The molecule has 0 aliphatic heterocycles. The number of halogens is 5. The second-order valence-electron chi connectivity index (χ2n) is 4.03. The van der Waals surface area contributed by atoms with Crippen molar-refractivity contribution in [3.8, 4) is 5.75 Å². The quantitative estimate of drug-likeness (QED) is 0.622. The average molecular weight is 424 g/mol. The van der Waals surface area contributed by atoms with Crippen molar-refractivity contribution >= 4 is 37.6 Å². The third kappa shape index (κ3) is 4.31. The Morgan fingerprint density at radius 2 is 1.76 bits per heavy atom. The van der Waals surface area contributed by atoms with E-state index < -0.39 is 17.9 Å². The summed E-state index contributed by atoms with van der Waals surface area (Å²) >= 11 is 6.49. The minimum atomic E-state index is -4.79. The first-order valence-electron chi connectivity index (χ1n) is 5.62. The number of alkyl halides is 3. The largest absolute Gasteiger partial charge is 0.573 e. The second-order valence-corrected chi connectivity index (χ2v) is 5.80. The predicted molar refractivity (Wildman–Crippen MR) is 78.4 cm³/mol. The molecule has 0 radical (unpaired) electrons. The Labute approximate surface area is 135 Å². The van der Waals surface area contributed by atoms with E-state index in [-0.39, 0.29) is 5.56 Å². The van der Waals surface area contributed by atoms with Crippen molar-refractivity contribution in [3.05, 3.63) is 62.5 Å². The zero-order chi connectivity index (χ0) is 15.6. The molecule has 0 aliphatic carbocycles. The van der Waals surface area contributed by atoms with Gasteiger partial charge in [0.1, 0.15) is 5.75 Å². The lowest BCUT2D eigenvalue weighted by Gasteiger charge is -2.10. The summed E-state index contributed by atoms with van der Waals surface area (Å²) in [4.78, 5) is 12.3. The number of rotatable bonds is 3. The lowest BCUT2D eigenvalue weighted by molar-refractivity contribution is -0.274. The van der Waals surface area contributed by atoms with Gasteiger partial charge in [0.25, 0.3) is 0 Å². The molecule has 0 atom stereocenters. The van der Waals surface area contributed by atoms with Gasteiger partial charge < -0.3 is 4.74 Å². The van der Waals surface area contributed by atoms with Crippen LogP contribution in [0.5, 0.6) is 5.75 Å². The second kappa shape index (κ2) is 6.19. The van der Waals surface area contributed by atoms with Gasteiger partial charge in [-0.2, -0.15) is 0 Å². The molecule has 0 bridgehead atoms. The minimum absolute atomic E-state index is 0.107. The maximum atomic E-state index is 12.3. The fourth-order valence-corrected chi connectivity index (χ4v) is 2.45. The van der Waals surface area contributed by atoms with E-state index in [2.05, 4.69) is 36.6 Å². The van der Waals surface area contributed by atoms with Crippen molar-refractivity contribution in [3.63, 3.8) is 0 Å². The van der Waals surface area contributed by atoms with E-state index in [0.29, 0.717) is 14.5 Å². The van der Waals surface area contributed by atoms with Crippen LogP contribution in [-0.2, 0) is 0 Å². The van der Waals surface area contributed by atoms with E-state index in [0.717, 1.165) is 12.1 Å². The number of hydrogen-bond acceptors (Lipinski definition) is 2. The predicted octanol–water partition coefficient (Wildman–Crippen LogP) is 5.34. The van der Waals surface area contributed by atoms with Crippen molar-refractivity contribution in [2.45, 2.75) is 6.36 Å². The van der Waals surface area contributed by atoms with Crippen LogP contribution in [0.3, 0.4) is 0 Å². The van der Waals surface area contributed by atoms with Gasteiger partial charge in [-0.3, -0.25) is 4.79 Å². The highest BCUT2D eigenvalue weighted by molar-refractivity contribution is 9.11. The van der Waals surface area contributed by atoms with E-state index in [9.17, 15) is 18.0 Å². The molecule has 0 spiro atoms. The van der Waals surface area contributed by atoms with Crippen LogP contribution in [0.4, 0.5) is 13.2 Å². The van der Waals surface area contributed by atoms with Gasteiger partial charge in [-0.25, -0.2) is 0 Å². The number of ketones is 1. The Morgan fingerprint density at radius 1 is 1.05 bits per heavy atom. The van der Waals surface area contributed by atoms with E-state index >= 15 is 0 Å². The standard InChI is InChI=1S/C14H7Br2F3O2/c15-9-4-5-12(16)11(7-9)13(20)8-2-1-3-10(6-8)21-14(17,18)19/h1-7H. The molecule has 0 N–H and O–H groups in total. The third-order valence-electron chi connectivity index (χ3n) is 2.50. The summed E-state index contributed by atoms with van der Waals surface area (Å²) in [6, 6.07) is 9.96. The molecule has 2 nitrogen and oxygen atoms in total. The summed E-state index contributed by atoms with van der Waals surface area (Å²) in [6.45, 7) is 0. The van der Waals surface area contributed by atoms with Crippen LogP contribution >= 0.6 is 31.9 Å². The Morgan fingerprint density at radius 3 is 2.43 bits per heavy atom. The topological polar surface area (TPSA) is 26.3 Å². The van der Waals surface area contributed by atoms with Gasteiger partial charge in [-0.05, 0) is 30.3 Å².